The first-order chi connectivity index (χ1) is 7.38. The quantitative estimate of drug-likeness (QED) is 0.844. The molecule has 2 aromatic rings. The summed E-state index contributed by atoms with van der Waals surface area (Å²) in [6, 6.07) is 0. The van der Waals surface area contributed by atoms with Crippen molar-refractivity contribution in [3.63, 3.8) is 0 Å². The molecule has 0 saturated carbocycles. The molecule has 2 rings (SSSR count). The maximum atomic E-state index is 4.27. The highest BCUT2D eigenvalue weighted by Gasteiger charge is 1.98. The number of aromatic nitrogens is 3. The van der Waals surface area contributed by atoms with E-state index in [9.17, 15) is 0 Å². The van der Waals surface area contributed by atoms with Crippen LogP contribution in [0.2, 0.25) is 0 Å². The molecule has 0 amide bonds. The highest BCUT2D eigenvalue weighted by atomic mass is 32.1. The summed E-state index contributed by atoms with van der Waals surface area (Å²) in [5.74, 6) is 0. The number of hydrogen-bond donors (Lipinski definition) is 1. The van der Waals surface area contributed by atoms with Gasteiger partial charge in [0.1, 0.15) is 0 Å². The van der Waals surface area contributed by atoms with Crippen LogP contribution in [0.4, 0.5) is 5.13 Å². The van der Waals surface area contributed by atoms with Crippen molar-refractivity contribution in [2.45, 2.75) is 26.4 Å². The van der Waals surface area contributed by atoms with Gasteiger partial charge in [0.15, 0.2) is 5.13 Å². The molecule has 2 heterocycles. The molecule has 0 radical (unpaired) electrons. The summed E-state index contributed by atoms with van der Waals surface area (Å²) in [6.45, 7) is 3.92. The molecule has 0 fully saturated rings. The summed E-state index contributed by atoms with van der Waals surface area (Å²) in [5, 5.41) is 10.4. The second kappa shape index (κ2) is 4.93. The molecule has 4 nitrogen and oxygen atoms in total. The van der Waals surface area contributed by atoms with Crippen molar-refractivity contribution in [1.82, 2.24) is 14.8 Å². The molecule has 0 aliphatic carbocycles. The Balaban J connectivity index is 1.88. The van der Waals surface area contributed by atoms with E-state index < -0.39 is 0 Å². The summed E-state index contributed by atoms with van der Waals surface area (Å²) >= 11 is 1.61. The molecule has 1 N–H and O–H groups in total. The van der Waals surface area contributed by atoms with E-state index >= 15 is 0 Å². The largest absolute Gasteiger partial charge is 0.357 e. The van der Waals surface area contributed by atoms with Gasteiger partial charge in [0.25, 0.3) is 0 Å². The Kier molecular flexibility index (Phi) is 3.34. The van der Waals surface area contributed by atoms with Gasteiger partial charge in [-0.25, -0.2) is 4.98 Å². The van der Waals surface area contributed by atoms with Crippen LogP contribution < -0.4 is 5.32 Å². The number of aryl methyl sites for hydroxylation is 1. The van der Waals surface area contributed by atoms with Gasteiger partial charge in [-0.2, -0.15) is 5.10 Å². The molecule has 0 atom stereocenters. The van der Waals surface area contributed by atoms with Crippen LogP contribution in [0.15, 0.2) is 24.0 Å². The van der Waals surface area contributed by atoms with Crippen molar-refractivity contribution in [2.24, 2.45) is 0 Å². The SMILES string of the molecule is CCCn1cc(CNc2nccs2)cn1. The summed E-state index contributed by atoms with van der Waals surface area (Å²) < 4.78 is 1.97. The minimum absolute atomic E-state index is 0.789. The zero-order valence-electron chi connectivity index (χ0n) is 8.68. The van der Waals surface area contributed by atoms with Gasteiger partial charge in [-0.15, -0.1) is 11.3 Å². The average Bonchev–Trinajstić information content (AvgIpc) is 2.85. The third-order valence-corrected chi connectivity index (χ3v) is 2.75. The van der Waals surface area contributed by atoms with Crippen molar-refractivity contribution in [1.29, 1.82) is 0 Å². The van der Waals surface area contributed by atoms with Gasteiger partial charge < -0.3 is 5.32 Å². The average molecular weight is 222 g/mol. The van der Waals surface area contributed by atoms with Crippen molar-refractivity contribution < 1.29 is 0 Å². The fraction of sp³-hybridized carbons (Fsp3) is 0.400. The van der Waals surface area contributed by atoms with Gasteiger partial charge in [0.05, 0.1) is 6.20 Å². The molecule has 15 heavy (non-hydrogen) atoms. The third-order valence-electron chi connectivity index (χ3n) is 2.02. The Hall–Kier alpha value is -1.36. The molecule has 0 aromatic carbocycles. The zero-order valence-corrected chi connectivity index (χ0v) is 9.50. The number of hydrogen-bond acceptors (Lipinski definition) is 4. The molecule has 0 saturated heterocycles. The van der Waals surface area contributed by atoms with Gasteiger partial charge in [-0.3, -0.25) is 4.68 Å². The van der Waals surface area contributed by atoms with Crippen LogP contribution in [-0.4, -0.2) is 14.8 Å². The Morgan fingerprint density at radius 1 is 1.53 bits per heavy atom. The monoisotopic (exact) mass is 222 g/mol. The Morgan fingerprint density at radius 2 is 2.47 bits per heavy atom. The maximum absolute atomic E-state index is 4.27. The second-order valence-corrected chi connectivity index (χ2v) is 4.20. The lowest BCUT2D eigenvalue weighted by molar-refractivity contribution is 0.602. The highest BCUT2D eigenvalue weighted by molar-refractivity contribution is 7.13. The third kappa shape index (κ3) is 2.79. The molecule has 0 aliphatic rings. The summed E-state index contributed by atoms with van der Waals surface area (Å²) in [5.41, 5.74) is 1.19. The Bertz CT molecular complexity index is 393. The van der Waals surface area contributed by atoms with E-state index in [1.54, 1.807) is 17.5 Å². The van der Waals surface area contributed by atoms with E-state index in [0.717, 1.165) is 24.6 Å². The fourth-order valence-corrected chi connectivity index (χ4v) is 1.87. The number of rotatable bonds is 5. The second-order valence-electron chi connectivity index (χ2n) is 3.30. The van der Waals surface area contributed by atoms with E-state index in [4.69, 9.17) is 0 Å². The first-order valence-electron chi connectivity index (χ1n) is 5.03. The molecule has 5 heteroatoms. The minimum Gasteiger partial charge on any atom is -0.357 e. The fourth-order valence-electron chi connectivity index (χ4n) is 1.34. The minimum atomic E-state index is 0.789. The summed E-state index contributed by atoms with van der Waals surface area (Å²) in [6.07, 6.45) is 6.88. The summed E-state index contributed by atoms with van der Waals surface area (Å²) in [7, 11) is 0. The molecular formula is C10H14N4S. The van der Waals surface area contributed by atoms with E-state index in [2.05, 4.69) is 28.5 Å². The van der Waals surface area contributed by atoms with Crippen LogP contribution in [0.5, 0.6) is 0 Å². The smallest absolute Gasteiger partial charge is 0.182 e. The van der Waals surface area contributed by atoms with Crippen LogP contribution in [-0.2, 0) is 13.1 Å². The molecule has 0 unspecified atom stereocenters. The lowest BCUT2D eigenvalue weighted by Gasteiger charge is -1.98. The highest BCUT2D eigenvalue weighted by Crippen LogP contribution is 2.11. The van der Waals surface area contributed by atoms with Gasteiger partial charge in [-0.1, -0.05) is 6.92 Å². The zero-order chi connectivity index (χ0) is 10.5. The van der Waals surface area contributed by atoms with Crippen LogP contribution in [0.1, 0.15) is 18.9 Å². The van der Waals surface area contributed by atoms with E-state index in [1.807, 2.05) is 16.3 Å². The first-order valence-corrected chi connectivity index (χ1v) is 5.91. The Morgan fingerprint density at radius 3 is 3.20 bits per heavy atom. The number of anilines is 1. The van der Waals surface area contributed by atoms with Crippen molar-refractivity contribution in [3.8, 4) is 0 Å². The normalized spacial score (nSPS) is 10.5. The maximum Gasteiger partial charge on any atom is 0.182 e. The van der Waals surface area contributed by atoms with Crippen LogP contribution >= 0.6 is 11.3 Å². The lowest BCUT2D eigenvalue weighted by Crippen LogP contribution is -1.98. The number of nitrogens with zero attached hydrogens (tertiary/aromatic N) is 3. The Labute approximate surface area is 93.0 Å². The molecule has 0 bridgehead atoms. The van der Waals surface area contributed by atoms with Crippen molar-refractivity contribution >= 4 is 16.5 Å². The lowest BCUT2D eigenvalue weighted by atomic mass is 10.4. The molecule has 80 valence electrons. The predicted molar refractivity (Wildman–Crippen MR) is 62.0 cm³/mol. The number of nitrogens with one attached hydrogen (secondary N) is 1. The van der Waals surface area contributed by atoms with Crippen LogP contribution in [0.25, 0.3) is 0 Å². The number of thiazole rings is 1. The first kappa shape index (κ1) is 10.2. The van der Waals surface area contributed by atoms with E-state index in [0.29, 0.717) is 0 Å². The van der Waals surface area contributed by atoms with Gasteiger partial charge in [-0.05, 0) is 6.42 Å². The van der Waals surface area contributed by atoms with Crippen molar-refractivity contribution in [3.05, 3.63) is 29.5 Å². The molecule has 0 spiro atoms. The predicted octanol–water partition coefficient (Wildman–Crippen LogP) is 2.36. The van der Waals surface area contributed by atoms with E-state index in [1.165, 1.54) is 5.56 Å². The summed E-state index contributed by atoms with van der Waals surface area (Å²) in [4.78, 5) is 4.15. The van der Waals surface area contributed by atoms with Crippen molar-refractivity contribution in [2.75, 3.05) is 5.32 Å². The topological polar surface area (TPSA) is 42.7 Å². The molecule has 2 aromatic heterocycles. The standard InChI is InChI=1S/C10H14N4S/c1-2-4-14-8-9(7-13-14)6-12-10-11-3-5-15-10/h3,5,7-8H,2,4,6H2,1H3,(H,11,12). The van der Waals surface area contributed by atoms with Crippen LogP contribution in [0, 0.1) is 0 Å². The molecule has 0 aliphatic heterocycles. The van der Waals surface area contributed by atoms with E-state index in [-0.39, 0.29) is 0 Å². The van der Waals surface area contributed by atoms with Gasteiger partial charge in [0, 0.05) is 36.4 Å². The van der Waals surface area contributed by atoms with Gasteiger partial charge in [0.2, 0.25) is 0 Å². The molecular weight excluding hydrogens is 208 g/mol. The van der Waals surface area contributed by atoms with Crippen LogP contribution in [0.3, 0.4) is 0 Å². The van der Waals surface area contributed by atoms with Gasteiger partial charge >= 0.3 is 0 Å².